The topological polar surface area (TPSA) is 75.0 Å². The third-order valence-electron chi connectivity index (χ3n) is 5.00. The van der Waals surface area contributed by atoms with Crippen molar-refractivity contribution in [2.45, 2.75) is 20.0 Å². The average molecular weight is 526 g/mol. The Kier molecular flexibility index (Phi) is 8.94. The summed E-state index contributed by atoms with van der Waals surface area (Å²) in [5.41, 5.74) is 1.15. The van der Waals surface area contributed by atoms with Gasteiger partial charge in [0.2, 0.25) is 0 Å². The van der Waals surface area contributed by atoms with E-state index >= 15 is 0 Å². The minimum absolute atomic E-state index is 0. The second-order valence-corrected chi connectivity index (χ2v) is 7.31. The van der Waals surface area contributed by atoms with Gasteiger partial charge < -0.3 is 24.4 Å². The van der Waals surface area contributed by atoms with E-state index in [1.807, 2.05) is 36.1 Å². The lowest BCUT2D eigenvalue weighted by Gasteiger charge is -2.37. The molecule has 1 aromatic carbocycles. The van der Waals surface area contributed by atoms with Gasteiger partial charge >= 0.3 is 0 Å². The Bertz CT molecular complexity index is 891. The van der Waals surface area contributed by atoms with Crippen molar-refractivity contribution < 1.29 is 4.74 Å². The quantitative estimate of drug-likeness (QED) is 0.365. The molecule has 0 amide bonds. The zero-order chi connectivity index (χ0) is 20.8. The number of benzene rings is 1. The molecule has 1 unspecified atom stereocenters. The number of aromatic nitrogens is 2. The van der Waals surface area contributed by atoms with Crippen molar-refractivity contribution >= 4 is 35.8 Å². The van der Waals surface area contributed by atoms with Crippen molar-refractivity contribution in [2.75, 3.05) is 44.7 Å². The van der Waals surface area contributed by atoms with Crippen LogP contribution in [0.2, 0.25) is 0 Å². The highest BCUT2D eigenvalue weighted by atomic mass is 127. The second-order valence-electron chi connectivity index (χ2n) is 7.31. The lowest BCUT2D eigenvalue weighted by atomic mass is 10.2. The molecule has 0 aliphatic carbocycles. The Morgan fingerprint density at radius 2 is 1.90 bits per heavy atom. The molecule has 8 nitrogen and oxygen atoms in total. The van der Waals surface area contributed by atoms with Crippen LogP contribution < -0.4 is 20.5 Å². The van der Waals surface area contributed by atoms with Crippen molar-refractivity contribution in [1.29, 1.82) is 0 Å². The first-order valence-corrected chi connectivity index (χ1v) is 9.93. The summed E-state index contributed by atoms with van der Waals surface area (Å²) in [7, 11) is 3.53. The Balaban J connectivity index is 0.00000320. The summed E-state index contributed by atoms with van der Waals surface area (Å²) in [6.07, 6.45) is 3.35. The normalized spacial score (nSPS) is 15.4. The third-order valence-corrected chi connectivity index (χ3v) is 5.00. The third kappa shape index (κ3) is 6.10. The molecule has 1 fully saturated rings. The predicted molar refractivity (Wildman–Crippen MR) is 131 cm³/mol. The van der Waals surface area contributed by atoms with Crippen molar-refractivity contribution in [2.24, 2.45) is 12.0 Å². The lowest BCUT2D eigenvalue weighted by molar-refractivity contribution is 0.221. The minimum atomic E-state index is -0.0643. The van der Waals surface area contributed by atoms with Crippen LogP contribution in [0.25, 0.3) is 0 Å². The van der Waals surface area contributed by atoms with Crippen molar-refractivity contribution in [3.8, 4) is 5.75 Å². The summed E-state index contributed by atoms with van der Waals surface area (Å²) in [6.45, 7) is 7.74. The number of aryl methyl sites for hydroxylation is 2. The molecular formula is C21H31IN6O2. The van der Waals surface area contributed by atoms with Gasteiger partial charge in [0.05, 0.1) is 6.54 Å². The fraction of sp³-hybridized carbons (Fsp3) is 0.476. The summed E-state index contributed by atoms with van der Waals surface area (Å²) >= 11 is 0. The van der Waals surface area contributed by atoms with E-state index in [9.17, 15) is 4.79 Å². The number of piperazine rings is 1. The molecule has 1 aliphatic rings. The highest BCUT2D eigenvalue weighted by Crippen LogP contribution is 2.13. The highest BCUT2D eigenvalue weighted by molar-refractivity contribution is 14.0. The molecule has 1 atom stereocenters. The zero-order valence-corrected chi connectivity index (χ0v) is 20.4. The molecule has 2 heterocycles. The SMILES string of the molecule is CN=C(NCC(C)Oc1ccc(C)cc1)N1CCN(c2nccn(C)c2=O)CC1.I. The van der Waals surface area contributed by atoms with E-state index in [1.165, 1.54) is 5.56 Å². The van der Waals surface area contributed by atoms with E-state index in [4.69, 9.17) is 4.74 Å². The van der Waals surface area contributed by atoms with E-state index in [2.05, 4.69) is 27.1 Å². The molecule has 0 saturated carbocycles. The van der Waals surface area contributed by atoms with E-state index in [1.54, 1.807) is 31.1 Å². The molecule has 2 aromatic rings. The predicted octanol–water partition coefficient (Wildman–Crippen LogP) is 1.87. The molecule has 9 heteroatoms. The Morgan fingerprint density at radius 3 is 2.53 bits per heavy atom. The molecule has 164 valence electrons. The molecule has 0 radical (unpaired) electrons. The maximum absolute atomic E-state index is 12.3. The fourth-order valence-electron chi connectivity index (χ4n) is 3.29. The van der Waals surface area contributed by atoms with Gasteiger partial charge in [-0.15, -0.1) is 24.0 Å². The molecule has 1 aliphatic heterocycles. The van der Waals surface area contributed by atoms with Crippen LogP contribution in [0.15, 0.2) is 46.4 Å². The molecule has 0 spiro atoms. The number of ether oxygens (including phenoxy) is 1. The van der Waals surface area contributed by atoms with Gasteiger partial charge in [-0.1, -0.05) is 17.7 Å². The minimum Gasteiger partial charge on any atom is -0.489 e. The van der Waals surface area contributed by atoms with Gasteiger partial charge in [0, 0.05) is 52.7 Å². The number of rotatable bonds is 5. The summed E-state index contributed by atoms with van der Waals surface area (Å²) in [5, 5.41) is 3.40. The zero-order valence-electron chi connectivity index (χ0n) is 18.0. The highest BCUT2D eigenvalue weighted by Gasteiger charge is 2.22. The number of hydrogen-bond acceptors (Lipinski definition) is 5. The first-order chi connectivity index (χ1) is 14.0. The molecular weight excluding hydrogens is 495 g/mol. The monoisotopic (exact) mass is 526 g/mol. The molecule has 1 saturated heterocycles. The number of guanidine groups is 1. The Hall–Kier alpha value is -2.30. The molecule has 3 rings (SSSR count). The number of aliphatic imine (C=N–C) groups is 1. The number of hydrogen-bond donors (Lipinski definition) is 1. The largest absolute Gasteiger partial charge is 0.489 e. The van der Waals surface area contributed by atoms with E-state index < -0.39 is 0 Å². The van der Waals surface area contributed by atoms with E-state index in [0.717, 1.165) is 37.9 Å². The van der Waals surface area contributed by atoms with E-state index in [0.29, 0.717) is 12.4 Å². The number of nitrogens with zero attached hydrogens (tertiary/aromatic N) is 5. The number of anilines is 1. The van der Waals surface area contributed by atoms with Crippen LogP contribution in [-0.4, -0.2) is 66.3 Å². The van der Waals surface area contributed by atoms with Crippen LogP contribution in [0.1, 0.15) is 12.5 Å². The van der Waals surface area contributed by atoms with Gasteiger partial charge in [-0.05, 0) is 26.0 Å². The fourth-order valence-corrected chi connectivity index (χ4v) is 3.29. The van der Waals surface area contributed by atoms with Crippen LogP contribution in [0.4, 0.5) is 5.82 Å². The van der Waals surface area contributed by atoms with Gasteiger partial charge in [-0.2, -0.15) is 0 Å². The van der Waals surface area contributed by atoms with Crippen LogP contribution in [0.3, 0.4) is 0 Å². The van der Waals surface area contributed by atoms with Crippen molar-refractivity contribution in [3.05, 3.63) is 52.6 Å². The maximum Gasteiger partial charge on any atom is 0.293 e. The van der Waals surface area contributed by atoms with Crippen LogP contribution in [-0.2, 0) is 7.05 Å². The van der Waals surface area contributed by atoms with Crippen LogP contribution in [0.5, 0.6) is 5.75 Å². The summed E-state index contributed by atoms with van der Waals surface area (Å²) in [4.78, 5) is 25.2. The van der Waals surface area contributed by atoms with Crippen LogP contribution in [0, 0.1) is 6.92 Å². The summed E-state index contributed by atoms with van der Waals surface area (Å²) in [6, 6.07) is 8.06. The molecule has 1 N–H and O–H groups in total. The standard InChI is InChI=1S/C21H30N6O2.HI/c1-16-5-7-18(8-6-16)29-17(2)15-24-21(22-3)27-13-11-26(12-14-27)19-20(28)25(4)10-9-23-19;/h5-10,17H,11-15H2,1-4H3,(H,22,24);1H. The van der Waals surface area contributed by atoms with Gasteiger partial charge in [0.1, 0.15) is 11.9 Å². The van der Waals surface area contributed by atoms with Crippen molar-refractivity contribution in [3.63, 3.8) is 0 Å². The van der Waals surface area contributed by atoms with Crippen molar-refractivity contribution in [1.82, 2.24) is 19.8 Å². The second kappa shape index (κ2) is 11.2. The number of nitrogens with one attached hydrogen (secondary N) is 1. The van der Waals surface area contributed by atoms with Gasteiger partial charge in [0.15, 0.2) is 11.8 Å². The molecule has 0 bridgehead atoms. The van der Waals surface area contributed by atoms with Gasteiger partial charge in [-0.25, -0.2) is 4.98 Å². The molecule has 1 aromatic heterocycles. The Labute approximate surface area is 195 Å². The average Bonchev–Trinajstić information content (AvgIpc) is 2.73. The number of halogens is 1. The first kappa shape index (κ1) is 24.0. The lowest BCUT2D eigenvalue weighted by Crippen LogP contribution is -2.54. The molecule has 30 heavy (non-hydrogen) atoms. The summed E-state index contributed by atoms with van der Waals surface area (Å²) < 4.78 is 7.52. The van der Waals surface area contributed by atoms with Gasteiger partial charge in [-0.3, -0.25) is 9.79 Å². The van der Waals surface area contributed by atoms with Crippen LogP contribution >= 0.6 is 24.0 Å². The summed E-state index contributed by atoms with van der Waals surface area (Å²) in [5.74, 6) is 2.22. The smallest absolute Gasteiger partial charge is 0.293 e. The van der Waals surface area contributed by atoms with E-state index in [-0.39, 0.29) is 35.6 Å². The van der Waals surface area contributed by atoms with Gasteiger partial charge in [0.25, 0.3) is 5.56 Å². The first-order valence-electron chi connectivity index (χ1n) is 9.93. The maximum atomic E-state index is 12.3. The Morgan fingerprint density at radius 1 is 1.23 bits per heavy atom.